The predicted molar refractivity (Wildman–Crippen MR) is 72.3 cm³/mol. The van der Waals surface area contributed by atoms with Crippen LogP contribution in [0.25, 0.3) is 0 Å². The van der Waals surface area contributed by atoms with Crippen LogP contribution in [0, 0.1) is 0 Å². The van der Waals surface area contributed by atoms with Gasteiger partial charge in [-0.1, -0.05) is 23.2 Å². The first-order valence-electron chi connectivity index (χ1n) is 4.07. The van der Waals surface area contributed by atoms with E-state index in [9.17, 15) is 8.42 Å². The molecule has 0 aliphatic heterocycles. The quantitative estimate of drug-likeness (QED) is 0.651. The number of benzene rings is 1. The molecule has 0 aliphatic rings. The summed E-state index contributed by atoms with van der Waals surface area (Å²) in [7, 11) is -3.48. The summed E-state index contributed by atoms with van der Waals surface area (Å²) in [6.07, 6.45) is 0. The summed E-state index contributed by atoms with van der Waals surface area (Å²) < 4.78 is 25.8. The molecule has 0 bridgehead atoms. The highest BCUT2D eigenvalue weighted by Crippen LogP contribution is 2.36. The van der Waals surface area contributed by atoms with Gasteiger partial charge in [0.1, 0.15) is 0 Å². The molecule has 1 rings (SSSR count). The van der Waals surface area contributed by atoms with E-state index in [0.717, 1.165) is 0 Å². The number of hydrogen-bond acceptors (Lipinski definition) is 2. The second-order valence-electron chi connectivity index (χ2n) is 2.83. The molecule has 8 heteroatoms. The Labute approximate surface area is 117 Å². The lowest BCUT2D eigenvalue weighted by atomic mass is 10.3. The van der Waals surface area contributed by atoms with E-state index in [1.807, 2.05) is 0 Å². The smallest absolute Gasteiger partial charge is 0.233 e. The van der Waals surface area contributed by atoms with Gasteiger partial charge in [-0.25, -0.2) is 8.42 Å². The molecule has 1 N–H and O–H groups in total. The topological polar surface area (TPSA) is 46.2 Å². The number of alkyl halides is 1. The Kier molecular flexibility index (Phi) is 5.19. The van der Waals surface area contributed by atoms with E-state index < -0.39 is 10.0 Å². The maximum atomic E-state index is 11.4. The number of nitrogens with one attached hydrogen (secondary N) is 1. The van der Waals surface area contributed by atoms with Crippen LogP contribution in [0.3, 0.4) is 0 Å². The Morgan fingerprint density at radius 2 is 1.88 bits per heavy atom. The maximum absolute atomic E-state index is 11.4. The van der Waals surface area contributed by atoms with Crippen molar-refractivity contribution in [1.29, 1.82) is 0 Å². The zero-order valence-electron chi connectivity index (χ0n) is 7.81. The van der Waals surface area contributed by atoms with E-state index in [-0.39, 0.29) is 27.4 Å². The number of anilines is 1. The van der Waals surface area contributed by atoms with Crippen LogP contribution in [-0.2, 0) is 10.0 Å². The minimum Gasteiger partial charge on any atom is -0.282 e. The van der Waals surface area contributed by atoms with Crippen LogP contribution in [0.2, 0.25) is 10.0 Å². The van der Waals surface area contributed by atoms with E-state index in [1.165, 1.54) is 6.07 Å². The number of hydrogen-bond donors (Lipinski definition) is 1. The molecule has 1 aromatic rings. The molecule has 0 saturated heterocycles. The molecule has 0 unspecified atom stereocenters. The third-order valence-corrected chi connectivity index (χ3v) is 5.10. The van der Waals surface area contributed by atoms with Gasteiger partial charge in [0.25, 0.3) is 0 Å². The molecule has 0 atom stereocenters. The van der Waals surface area contributed by atoms with E-state index in [1.54, 1.807) is 6.07 Å². The molecular weight excluding hydrogens is 360 g/mol. The number of sulfonamides is 1. The summed E-state index contributed by atoms with van der Waals surface area (Å²) >= 11 is 20.3. The van der Waals surface area contributed by atoms with Gasteiger partial charge in [0, 0.05) is 10.4 Å². The molecule has 0 saturated carbocycles. The minimum atomic E-state index is -3.48. The Bertz CT molecular complexity index is 492. The SMILES string of the molecule is O=S(=O)(CCCl)Nc1ccc(Br)c(Cl)c1Cl. The van der Waals surface area contributed by atoms with E-state index in [2.05, 4.69) is 20.7 Å². The standard InChI is InChI=1S/C8H7BrCl3NO2S/c9-5-1-2-6(8(12)7(5)11)13-16(14,15)4-3-10/h1-2,13H,3-4H2. The van der Waals surface area contributed by atoms with Crippen molar-refractivity contribution in [3.05, 3.63) is 26.7 Å². The summed E-state index contributed by atoms with van der Waals surface area (Å²) in [6, 6.07) is 3.12. The average molecular weight is 367 g/mol. The third kappa shape index (κ3) is 3.67. The van der Waals surface area contributed by atoms with Crippen molar-refractivity contribution in [2.75, 3.05) is 16.4 Å². The summed E-state index contributed by atoms with van der Waals surface area (Å²) in [6.45, 7) is 0. The monoisotopic (exact) mass is 365 g/mol. The summed E-state index contributed by atoms with van der Waals surface area (Å²) in [5.41, 5.74) is 0.236. The lowest BCUT2D eigenvalue weighted by molar-refractivity contribution is 0.602. The van der Waals surface area contributed by atoms with Gasteiger partial charge in [0.05, 0.1) is 21.5 Å². The normalized spacial score (nSPS) is 11.5. The van der Waals surface area contributed by atoms with E-state index in [4.69, 9.17) is 34.8 Å². The molecule has 0 fully saturated rings. The fourth-order valence-electron chi connectivity index (χ4n) is 0.925. The number of halogens is 4. The Morgan fingerprint density at radius 3 is 2.44 bits per heavy atom. The van der Waals surface area contributed by atoms with Gasteiger partial charge in [-0.3, -0.25) is 4.72 Å². The number of rotatable bonds is 4. The summed E-state index contributed by atoms with van der Waals surface area (Å²) in [4.78, 5) is 0. The molecule has 0 radical (unpaired) electrons. The van der Waals surface area contributed by atoms with Gasteiger partial charge in [-0.15, -0.1) is 11.6 Å². The van der Waals surface area contributed by atoms with Crippen LogP contribution in [0.5, 0.6) is 0 Å². The molecular formula is C8H7BrCl3NO2S. The molecule has 90 valence electrons. The van der Waals surface area contributed by atoms with Crippen LogP contribution >= 0.6 is 50.7 Å². The van der Waals surface area contributed by atoms with Gasteiger partial charge in [0.15, 0.2) is 0 Å². The molecule has 3 nitrogen and oxygen atoms in total. The Balaban J connectivity index is 3.04. The lowest BCUT2D eigenvalue weighted by Crippen LogP contribution is -2.17. The summed E-state index contributed by atoms with van der Waals surface area (Å²) in [5, 5.41) is 0.405. The molecule has 0 amide bonds. The fraction of sp³-hybridized carbons (Fsp3) is 0.250. The van der Waals surface area contributed by atoms with Crippen molar-refractivity contribution >= 4 is 66.4 Å². The van der Waals surface area contributed by atoms with Gasteiger partial charge in [0.2, 0.25) is 10.0 Å². The van der Waals surface area contributed by atoms with Crippen LogP contribution in [0.15, 0.2) is 16.6 Å². The van der Waals surface area contributed by atoms with Gasteiger partial charge in [-0.05, 0) is 28.1 Å². The lowest BCUT2D eigenvalue weighted by Gasteiger charge is -2.10. The Hall–Kier alpha value is 0.320. The van der Waals surface area contributed by atoms with Crippen molar-refractivity contribution in [1.82, 2.24) is 0 Å². The van der Waals surface area contributed by atoms with Crippen LogP contribution in [0.4, 0.5) is 5.69 Å². The Morgan fingerprint density at radius 1 is 1.25 bits per heavy atom. The maximum Gasteiger partial charge on any atom is 0.233 e. The van der Waals surface area contributed by atoms with Crippen molar-refractivity contribution in [3.8, 4) is 0 Å². The molecule has 0 aliphatic carbocycles. The first-order valence-corrected chi connectivity index (χ1v) is 7.81. The predicted octanol–water partition coefficient (Wildman–Crippen LogP) is 3.74. The second-order valence-corrected chi connectivity index (χ2v) is 6.66. The van der Waals surface area contributed by atoms with E-state index >= 15 is 0 Å². The zero-order valence-corrected chi connectivity index (χ0v) is 12.5. The van der Waals surface area contributed by atoms with E-state index in [0.29, 0.717) is 4.47 Å². The molecule has 1 aromatic carbocycles. The van der Waals surface area contributed by atoms with Crippen molar-refractivity contribution in [3.63, 3.8) is 0 Å². The highest BCUT2D eigenvalue weighted by molar-refractivity contribution is 9.10. The van der Waals surface area contributed by atoms with Gasteiger partial charge in [-0.2, -0.15) is 0 Å². The molecule has 0 spiro atoms. The average Bonchev–Trinajstić information content (AvgIpc) is 2.19. The molecule has 0 aromatic heterocycles. The third-order valence-electron chi connectivity index (χ3n) is 1.65. The first kappa shape index (κ1) is 14.4. The highest BCUT2D eigenvalue weighted by atomic mass is 79.9. The minimum absolute atomic E-state index is 0.0111. The van der Waals surface area contributed by atoms with Crippen LogP contribution < -0.4 is 4.72 Å². The largest absolute Gasteiger partial charge is 0.282 e. The molecule has 16 heavy (non-hydrogen) atoms. The van der Waals surface area contributed by atoms with Gasteiger partial charge >= 0.3 is 0 Å². The van der Waals surface area contributed by atoms with Crippen molar-refractivity contribution in [2.45, 2.75) is 0 Å². The summed E-state index contributed by atoms with van der Waals surface area (Å²) in [5.74, 6) is -0.171. The molecule has 0 heterocycles. The fourth-order valence-corrected chi connectivity index (χ4v) is 3.22. The first-order chi connectivity index (χ1) is 7.37. The zero-order chi connectivity index (χ0) is 12.3. The van der Waals surface area contributed by atoms with Gasteiger partial charge < -0.3 is 0 Å². The van der Waals surface area contributed by atoms with Crippen molar-refractivity contribution < 1.29 is 8.42 Å². The second kappa shape index (κ2) is 5.78. The van der Waals surface area contributed by atoms with Crippen LogP contribution in [-0.4, -0.2) is 20.1 Å². The highest BCUT2D eigenvalue weighted by Gasteiger charge is 2.14. The van der Waals surface area contributed by atoms with Crippen LogP contribution in [0.1, 0.15) is 0 Å². The van der Waals surface area contributed by atoms with Crippen molar-refractivity contribution in [2.24, 2.45) is 0 Å².